The number of rotatable bonds is 5. The van der Waals surface area contributed by atoms with Gasteiger partial charge in [0.25, 0.3) is 0 Å². The smallest absolute Gasteiger partial charge is 0.307 e. The van der Waals surface area contributed by atoms with Crippen molar-refractivity contribution in [2.75, 3.05) is 0 Å². The molecule has 0 amide bonds. The van der Waals surface area contributed by atoms with E-state index in [2.05, 4.69) is 48.5 Å². The van der Waals surface area contributed by atoms with Crippen molar-refractivity contribution in [2.45, 2.75) is 0 Å². The Morgan fingerprint density at radius 2 is 1.41 bits per heavy atom. The zero-order chi connectivity index (χ0) is 30.6. The minimum Gasteiger partial charge on any atom is -0.504 e. The standard InChI is InChI=1S/C40H25N3O3/c44-35-23-37-32(31-16-6-7-19-36(31)45-37)22-38(35)46-40-42-39-30(17-9-18-34(39)43(40)29-14-2-1-3-15-29)26-12-8-13-27(20-26)33-21-25-10-4-5-11-28(25)24-41-33/h1-24,44H. The molecule has 0 spiro atoms. The van der Waals surface area contributed by atoms with Gasteiger partial charge in [-0.05, 0) is 53.4 Å². The van der Waals surface area contributed by atoms with Crippen LogP contribution in [-0.4, -0.2) is 19.6 Å². The van der Waals surface area contributed by atoms with E-state index in [1.807, 2.05) is 95.7 Å². The van der Waals surface area contributed by atoms with Crippen LogP contribution in [0.3, 0.4) is 0 Å². The minimum atomic E-state index is -0.0333. The Labute approximate surface area is 263 Å². The van der Waals surface area contributed by atoms with Gasteiger partial charge in [-0.3, -0.25) is 9.55 Å². The number of hydrogen-bond acceptors (Lipinski definition) is 5. The first kappa shape index (κ1) is 26.0. The van der Waals surface area contributed by atoms with Crippen molar-refractivity contribution in [3.63, 3.8) is 0 Å². The van der Waals surface area contributed by atoms with Gasteiger partial charge in [0.1, 0.15) is 16.7 Å². The molecular formula is C40H25N3O3. The van der Waals surface area contributed by atoms with Crippen LogP contribution in [0.2, 0.25) is 0 Å². The molecule has 3 aromatic heterocycles. The molecule has 46 heavy (non-hydrogen) atoms. The maximum absolute atomic E-state index is 11.0. The maximum atomic E-state index is 11.0. The number of aromatic nitrogens is 3. The molecule has 0 aliphatic heterocycles. The van der Waals surface area contributed by atoms with Crippen LogP contribution in [0.25, 0.3) is 71.8 Å². The summed E-state index contributed by atoms with van der Waals surface area (Å²) < 4.78 is 14.4. The van der Waals surface area contributed by atoms with E-state index in [0.29, 0.717) is 11.6 Å². The van der Waals surface area contributed by atoms with Crippen LogP contribution >= 0.6 is 0 Å². The predicted molar refractivity (Wildman–Crippen MR) is 183 cm³/mol. The van der Waals surface area contributed by atoms with Crippen LogP contribution in [0.5, 0.6) is 17.5 Å². The lowest BCUT2D eigenvalue weighted by atomic mass is 9.99. The Balaban J connectivity index is 1.20. The van der Waals surface area contributed by atoms with Gasteiger partial charge < -0.3 is 14.3 Å². The second-order valence-electron chi connectivity index (χ2n) is 11.3. The predicted octanol–water partition coefficient (Wildman–Crippen LogP) is 10.3. The number of aromatic hydroxyl groups is 1. The largest absolute Gasteiger partial charge is 0.504 e. The minimum absolute atomic E-state index is 0.0333. The van der Waals surface area contributed by atoms with Crippen LogP contribution in [0, 0.1) is 0 Å². The van der Waals surface area contributed by atoms with Crippen molar-refractivity contribution in [1.29, 1.82) is 0 Å². The second-order valence-corrected chi connectivity index (χ2v) is 11.3. The van der Waals surface area contributed by atoms with Gasteiger partial charge in [0.15, 0.2) is 11.5 Å². The number of para-hydroxylation sites is 3. The van der Waals surface area contributed by atoms with Crippen molar-refractivity contribution >= 4 is 43.7 Å². The second kappa shape index (κ2) is 10.4. The van der Waals surface area contributed by atoms with E-state index in [0.717, 1.165) is 66.2 Å². The van der Waals surface area contributed by atoms with Gasteiger partial charge in [0, 0.05) is 39.5 Å². The summed E-state index contributed by atoms with van der Waals surface area (Å²) in [6.07, 6.45) is 1.92. The lowest BCUT2D eigenvalue weighted by molar-refractivity contribution is 0.390. The molecule has 0 aliphatic rings. The van der Waals surface area contributed by atoms with Crippen LogP contribution in [0.4, 0.5) is 0 Å². The van der Waals surface area contributed by atoms with E-state index in [1.165, 1.54) is 0 Å². The van der Waals surface area contributed by atoms with Crippen molar-refractivity contribution in [3.8, 4) is 45.6 Å². The Bertz CT molecular complexity index is 2580. The lowest BCUT2D eigenvalue weighted by Gasteiger charge is -2.11. The highest BCUT2D eigenvalue weighted by molar-refractivity contribution is 6.06. The van der Waals surface area contributed by atoms with E-state index in [9.17, 15) is 5.11 Å². The van der Waals surface area contributed by atoms with Crippen LogP contribution in [0.1, 0.15) is 0 Å². The van der Waals surface area contributed by atoms with Crippen molar-refractivity contribution in [1.82, 2.24) is 14.5 Å². The molecule has 0 saturated heterocycles. The van der Waals surface area contributed by atoms with Crippen LogP contribution in [-0.2, 0) is 0 Å². The number of phenols is 1. The molecule has 6 nitrogen and oxygen atoms in total. The molecule has 1 N–H and O–H groups in total. The first-order valence-corrected chi connectivity index (χ1v) is 15.0. The fraction of sp³-hybridized carbons (Fsp3) is 0. The molecule has 3 heterocycles. The molecule has 0 saturated carbocycles. The number of nitrogens with zero attached hydrogens (tertiary/aromatic N) is 3. The van der Waals surface area contributed by atoms with E-state index in [-0.39, 0.29) is 11.5 Å². The molecule has 0 fully saturated rings. The molecule has 0 unspecified atom stereocenters. The van der Waals surface area contributed by atoms with Gasteiger partial charge in [0.2, 0.25) is 0 Å². The van der Waals surface area contributed by atoms with Gasteiger partial charge in [0.05, 0.1) is 16.9 Å². The highest BCUT2D eigenvalue weighted by Crippen LogP contribution is 2.41. The Hall–Kier alpha value is -6.40. The molecule has 6 heteroatoms. The van der Waals surface area contributed by atoms with E-state index < -0.39 is 0 Å². The first-order valence-electron chi connectivity index (χ1n) is 15.0. The summed E-state index contributed by atoms with van der Waals surface area (Å²) in [5.41, 5.74) is 7.77. The fourth-order valence-electron chi connectivity index (χ4n) is 6.21. The average molecular weight is 596 g/mol. The summed E-state index contributed by atoms with van der Waals surface area (Å²) in [5, 5.41) is 15.1. The quantitative estimate of drug-likeness (QED) is 0.214. The molecule has 9 rings (SSSR count). The third kappa shape index (κ3) is 4.27. The van der Waals surface area contributed by atoms with E-state index >= 15 is 0 Å². The zero-order valence-electron chi connectivity index (χ0n) is 24.5. The molecule has 9 aromatic rings. The van der Waals surface area contributed by atoms with E-state index in [4.69, 9.17) is 19.1 Å². The highest BCUT2D eigenvalue weighted by atomic mass is 16.5. The van der Waals surface area contributed by atoms with Gasteiger partial charge in [-0.15, -0.1) is 0 Å². The van der Waals surface area contributed by atoms with Crippen molar-refractivity contribution in [2.24, 2.45) is 0 Å². The molecule has 218 valence electrons. The summed E-state index contributed by atoms with van der Waals surface area (Å²) in [7, 11) is 0. The Kier molecular flexibility index (Phi) is 5.86. The third-order valence-corrected chi connectivity index (χ3v) is 8.43. The monoisotopic (exact) mass is 595 g/mol. The number of pyridine rings is 1. The molecule has 0 atom stereocenters. The summed E-state index contributed by atoms with van der Waals surface area (Å²) in [6, 6.07) is 46.4. The molecule has 0 radical (unpaired) electrons. The van der Waals surface area contributed by atoms with Crippen LogP contribution < -0.4 is 4.74 Å². The summed E-state index contributed by atoms with van der Waals surface area (Å²) in [6.45, 7) is 0. The highest BCUT2D eigenvalue weighted by Gasteiger charge is 2.20. The number of ether oxygens (including phenoxy) is 1. The Morgan fingerprint density at radius 1 is 0.630 bits per heavy atom. The molecule has 0 bridgehead atoms. The first-order chi connectivity index (χ1) is 22.7. The summed E-state index contributed by atoms with van der Waals surface area (Å²) in [5.74, 6) is 0.256. The van der Waals surface area contributed by atoms with Gasteiger partial charge in [-0.1, -0.05) is 91.0 Å². The number of hydrogen-bond donors (Lipinski definition) is 1. The fourth-order valence-corrected chi connectivity index (χ4v) is 6.21. The number of imidazole rings is 1. The SMILES string of the molecule is Oc1cc2oc3ccccc3c2cc1Oc1nc2c(-c3cccc(-c4cc5ccccc5cn4)c3)cccc2n1-c1ccccc1. The molecule has 0 aliphatic carbocycles. The maximum Gasteiger partial charge on any atom is 0.307 e. The summed E-state index contributed by atoms with van der Waals surface area (Å²) >= 11 is 0. The average Bonchev–Trinajstić information content (AvgIpc) is 3.66. The normalized spacial score (nSPS) is 11.6. The third-order valence-electron chi connectivity index (χ3n) is 8.43. The number of fused-ring (bicyclic) bond motifs is 5. The van der Waals surface area contributed by atoms with Crippen LogP contribution in [0.15, 0.2) is 150 Å². The van der Waals surface area contributed by atoms with Gasteiger partial charge in [-0.2, -0.15) is 4.98 Å². The molecule has 6 aromatic carbocycles. The summed E-state index contributed by atoms with van der Waals surface area (Å²) in [4.78, 5) is 9.82. The van der Waals surface area contributed by atoms with Crippen molar-refractivity contribution in [3.05, 3.63) is 146 Å². The number of benzene rings is 6. The Morgan fingerprint density at radius 3 is 2.33 bits per heavy atom. The van der Waals surface area contributed by atoms with Crippen molar-refractivity contribution < 1.29 is 14.3 Å². The molecular weight excluding hydrogens is 570 g/mol. The number of furan rings is 1. The van der Waals surface area contributed by atoms with Gasteiger partial charge in [-0.25, -0.2) is 0 Å². The zero-order valence-corrected chi connectivity index (χ0v) is 24.5. The van der Waals surface area contributed by atoms with E-state index in [1.54, 1.807) is 6.07 Å². The lowest BCUT2D eigenvalue weighted by Crippen LogP contribution is -1.98. The number of phenolic OH excluding ortho intramolecular Hbond substituents is 1. The topological polar surface area (TPSA) is 73.3 Å². The van der Waals surface area contributed by atoms with Gasteiger partial charge >= 0.3 is 6.01 Å².